The molecule has 0 aromatic rings. The highest BCUT2D eigenvalue weighted by molar-refractivity contribution is 5.01. The Bertz CT molecular complexity index is 266. The second-order valence-corrected chi connectivity index (χ2v) is 7.41. The summed E-state index contributed by atoms with van der Waals surface area (Å²) in [5.41, 5.74) is 0.477. The highest BCUT2D eigenvalue weighted by Crippen LogP contribution is 2.31. The summed E-state index contributed by atoms with van der Waals surface area (Å²) in [4.78, 5) is 0. The van der Waals surface area contributed by atoms with Crippen LogP contribution in [0.3, 0.4) is 0 Å². The van der Waals surface area contributed by atoms with Gasteiger partial charge in [-0.1, -0.05) is 0 Å². The summed E-state index contributed by atoms with van der Waals surface area (Å²) in [7, 11) is 0. The van der Waals surface area contributed by atoms with Gasteiger partial charge in [0.15, 0.2) is 0 Å². The lowest BCUT2D eigenvalue weighted by molar-refractivity contribution is -0.0162. The molecule has 2 N–H and O–H groups in total. The Morgan fingerprint density at radius 2 is 1.61 bits per heavy atom. The predicted molar refractivity (Wildman–Crippen MR) is 75.9 cm³/mol. The van der Waals surface area contributed by atoms with E-state index in [9.17, 15) is 0 Å². The third-order valence-electron chi connectivity index (χ3n) is 4.16. The summed E-state index contributed by atoms with van der Waals surface area (Å²) in [6.07, 6.45) is 5.32. The molecule has 0 atom stereocenters. The Balaban J connectivity index is 1.80. The minimum Gasteiger partial charge on any atom is -0.378 e. The molecule has 0 aromatic heterocycles. The molecule has 2 fully saturated rings. The van der Waals surface area contributed by atoms with Gasteiger partial charge in [0, 0.05) is 29.8 Å². The lowest BCUT2D eigenvalue weighted by Crippen LogP contribution is -2.63. The summed E-state index contributed by atoms with van der Waals surface area (Å²) in [6, 6.07) is 1.32. The van der Waals surface area contributed by atoms with Crippen molar-refractivity contribution in [1.29, 1.82) is 0 Å². The highest BCUT2D eigenvalue weighted by atomic mass is 16.5. The molecule has 1 aliphatic heterocycles. The molecule has 1 saturated heterocycles. The highest BCUT2D eigenvalue weighted by Gasteiger charge is 2.40. The Hall–Kier alpha value is -0.120. The van der Waals surface area contributed by atoms with E-state index in [4.69, 9.17) is 4.74 Å². The summed E-state index contributed by atoms with van der Waals surface area (Å²) < 4.78 is 5.63. The molecule has 2 aliphatic rings. The van der Waals surface area contributed by atoms with Gasteiger partial charge in [0.25, 0.3) is 0 Å². The van der Waals surface area contributed by atoms with E-state index >= 15 is 0 Å². The molecule has 0 unspecified atom stereocenters. The third kappa shape index (κ3) is 3.69. The van der Waals surface area contributed by atoms with Crippen LogP contribution < -0.4 is 10.6 Å². The first-order valence-corrected chi connectivity index (χ1v) is 7.47. The molecule has 1 saturated carbocycles. The fourth-order valence-electron chi connectivity index (χ4n) is 3.85. The molecule has 3 nitrogen and oxygen atoms in total. The fourth-order valence-corrected chi connectivity index (χ4v) is 3.85. The molecule has 106 valence electrons. The first-order chi connectivity index (χ1) is 8.30. The summed E-state index contributed by atoms with van der Waals surface area (Å²) in [5, 5.41) is 7.57. The largest absolute Gasteiger partial charge is 0.378 e. The summed E-state index contributed by atoms with van der Waals surface area (Å²) >= 11 is 0. The third-order valence-corrected chi connectivity index (χ3v) is 4.16. The van der Waals surface area contributed by atoms with Gasteiger partial charge in [-0.15, -0.1) is 0 Å². The van der Waals surface area contributed by atoms with Crippen LogP contribution in [0, 0.1) is 0 Å². The number of hydrogen-bond donors (Lipinski definition) is 2. The average Bonchev–Trinajstić information content (AvgIpc) is 2.09. The second-order valence-electron chi connectivity index (χ2n) is 7.41. The summed E-state index contributed by atoms with van der Waals surface area (Å²) in [6.45, 7) is 12.2. The van der Waals surface area contributed by atoms with E-state index in [-0.39, 0.29) is 11.1 Å². The Kier molecular flexibility index (Phi) is 4.05. The van der Waals surface area contributed by atoms with Gasteiger partial charge in [-0.05, 0) is 60.3 Å². The molecule has 1 aliphatic carbocycles. The van der Waals surface area contributed by atoms with E-state index in [0.29, 0.717) is 18.2 Å². The molecular weight excluding hydrogens is 224 g/mol. The molecule has 2 rings (SSSR count). The van der Waals surface area contributed by atoms with Crippen LogP contribution in [0.2, 0.25) is 0 Å². The smallest absolute Gasteiger partial charge is 0.0604 e. The van der Waals surface area contributed by atoms with Crippen molar-refractivity contribution in [3.63, 3.8) is 0 Å². The van der Waals surface area contributed by atoms with E-state index in [1.54, 1.807) is 0 Å². The molecule has 3 heteroatoms. The van der Waals surface area contributed by atoms with Crippen molar-refractivity contribution in [3.8, 4) is 0 Å². The fraction of sp³-hybridized carbons (Fsp3) is 1.00. The van der Waals surface area contributed by atoms with Crippen LogP contribution in [-0.4, -0.2) is 35.9 Å². The van der Waals surface area contributed by atoms with Gasteiger partial charge in [0.1, 0.15) is 0 Å². The second kappa shape index (κ2) is 5.10. The number of rotatable bonds is 4. The Morgan fingerprint density at radius 1 is 1.06 bits per heavy atom. The van der Waals surface area contributed by atoms with E-state index in [2.05, 4.69) is 45.3 Å². The van der Waals surface area contributed by atoms with Crippen molar-refractivity contribution < 1.29 is 4.74 Å². The zero-order chi connectivity index (χ0) is 13.4. The quantitative estimate of drug-likeness (QED) is 0.808. The zero-order valence-corrected chi connectivity index (χ0v) is 12.7. The maximum absolute atomic E-state index is 5.63. The van der Waals surface area contributed by atoms with Crippen molar-refractivity contribution in [3.05, 3.63) is 0 Å². The Labute approximate surface area is 112 Å². The van der Waals surface area contributed by atoms with Crippen LogP contribution in [0.4, 0.5) is 0 Å². The standard InChI is InChI=1S/C15H30N2O/c1-6-18-13-7-11(8-13)16-12-9-14(2,3)17-15(4,5)10-12/h11-13,16-17H,6-10H2,1-5H3. The predicted octanol–water partition coefficient (Wildman–Crippen LogP) is 2.45. The summed E-state index contributed by atoms with van der Waals surface area (Å²) in [5.74, 6) is 0. The van der Waals surface area contributed by atoms with Crippen LogP contribution in [0.25, 0.3) is 0 Å². The van der Waals surface area contributed by atoms with Crippen LogP contribution >= 0.6 is 0 Å². The van der Waals surface area contributed by atoms with Gasteiger partial charge in [0.05, 0.1) is 6.10 Å². The van der Waals surface area contributed by atoms with Gasteiger partial charge >= 0.3 is 0 Å². The first kappa shape index (κ1) is 14.3. The van der Waals surface area contributed by atoms with Crippen molar-refractivity contribution in [1.82, 2.24) is 10.6 Å². The number of piperidine rings is 1. The lowest BCUT2D eigenvalue weighted by Gasteiger charge is -2.49. The van der Waals surface area contributed by atoms with Crippen LogP contribution in [-0.2, 0) is 4.74 Å². The number of nitrogens with one attached hydrogen (secondary N) is 2. The Morgan fingerprint density at radius 3 is 2.11 bits per heavy atom. The van der Waals surface area contributed by atoms with Crippen LogP contribution in [0.15, 0.2) is 0 Å². The molecule has 18 heavy (non-hydrogen) atoms. The van der Waals surface area contributed by atoms with Crippen molar-refractivity contribution in [2.24, 2.45) is 0 Å². The minimum absolute atomic E-state index is 0.239. The number of ether oxygens (including phenoxy) is 1. The average molecular weight is 254 g/mol. The van der Waals surface area contributed by atoms with E-state index in [0.717, 1.165) is 6.61 Å². The van der Waals surface area contributed by atoms with E-state index in [1.165, 1.54) is 25.7 Å². The molecule has 0 bridgehead atoms. The molecule has 1 heterocycles. The van der Waals surface area contributed by atoms with Crippen molar-refractivity contribution in [2.45, 2.75) is 89.6 Å². The number of hydrogen-bond acceptors (Lipinski definition) is 3. The minimum atomic E-state index is 0.239. The van der Waals surface area contributed by atoms with Crippen molar-refractivity contribution >= 4 is 0 Å². The molecule has 0 spiro atoms. The molecule has 0 radical (unpaired) electrons. The molecule has 0 aromatic carbocycles. The van der Waals surface area contributed by atoms with Crippen LogP contribution in [0.1, 0.15) is 60.3 Å². The van der Waals surface area contributed by atoms with Crippen LogP contribution in [0.5, 0.6) is 0 Å². The van der Waals surface area contributed by atoms with Crippen molar-refractivity contribution in [2.75, 3.05) is 6.61 Å². The topological polar surface area (TPSA) is 33.3 Å². The maximum Gasteiger partial charge on any atom is 0.0604 e. The van der Waals surface area contributed by atoms with Gasteiger partial charge in [0.2, 0.25) is 0 Å². The SMILES string of the molecule is CCOC1CC(NC2CC(C)(C)NC(C)(C)C2)C1. The molecule has 0 amide bonds. The van der Waals surface area contributed by atoms with E-state index in [1.807, 2.05) is 0 Å². The van der Waals surface area contributed by atoms with Gasteiger partial charge in [-0.2, -0.15) is 0 Å². The maximum atomic E-state index is 5.63. The zero-order valence-electron chi connectivity index (χ0n) is 12.7. The van der Waals surface area contributed by atoms with Gasteiger partial charge in [-0.3, -0.25) is 0 Å². The normalized spacial score (nSPS) is 35.2. The van der Waals surface area contributed by atoms with Gasteiger partial charge < -0.3 is 15.4 Å². The van der Waals surface area contributed by atoms with E-state index < -0.39 is 0 Å². The lowest BCUT2D eigenvalue weighted by atomic mass is 9.78. The van der Waals surface area contributed by atoms with Gasteiger partial charge in [-0.25, -0.2) is 0 Å². The molecular formula is C15H30N2O. The monoisotopic (exact) mass is 254 g/mol. The first-order valence-electron chi connectivity index (χ1n) is 7.47.